The van der Waals surface area contributed by atoms with Crippen molar-refractivity contribution in [2.75, 3.05) is 0 Å². The van der Waals surface area contributed by atoms with Crippen molar-refractivity contribution in [2.45, 2.75) is 76.1 Å². The van der Waals surface area contributed by atoms with Gasteiger partial charge in [0, 0.05) is 18.1 Å². The van der Waals surface area contributed by atoms with E-state index in [4.69, 9.17) is 9.68 Å². The lowest BCUT2D eigenvalue weighted by Gasteiger charge is -2.15. The summed E-state index contributed by atoms with van der Waals surface area (Å²) in [6.45, 7) is 11.7. The largest absolute Gasteiger partial charge is 0.389 e. The summed E-state index contributed by atoms with van der Waals surface area (Å²) in [5, 5.41) is 8.94. The van der Waals surface area contributed by atoms with Gasteiger partial charge < -0.3 is 9.68 Å². The lowest BCUT2D eigenvalue weighted by atomic mass is 10.1. The number of rotatable bonds is 4. The van der Waals surface area contributed by atoms with Gasteiger partial charge in [-0.1, -0.05) is 82.7 Å². The molecule has 0 saturated heterocycles. The van der Waals surface area contributed by atoms with E-state index in [1.807, 2.05) is 50.2 Å². The van der Waals surface area contributed by atoms with Gasteiger partial charge in [0.25, 0.3) is 0 Å². The van der Waals surface area contributed by atoms with Gasteiger partial charge in [-0.3, -0.25) is 0 Å². The third kappa shape index (κ3) is 6.85. The van der Waals surface area contributed by atoms with Gasteiger partial charge in [0.2, 0.25) is 9.84 Å². The number of hydrogen-bond acceptors (Lipinski definition) is 7. The van der Waals surface area contributed by atoms with Gasteiger partial charge in [0.05, 0.1) is 5.25 Å². The maximum Gasteiger partial charge on any atom is 0.201 e. The van der Waals surface area contributed by atoms with Crippen molar-refractivity contribution in [1.82, 2.24) is 0 Å². The fraction of sp³-hybridized carbons (Fsp3) is 0.462. The summed E-state index contributed by atoms with van der Waals surface area (Å²) in [6, 6.07) is 19.6. The van der Waals surface area contributed by atoms with Gasteiger partial charge in [0.1, 0.15) is 16.2 Å². The lowest BCUT2D eigenvalue weighted by Crippen LogP contribution is -2.25. The molecular weight excluding hydrogens is 468 g/mol. The average Bonchev–Trinajstić information content (AvgIpc) is 3.35. The number of thioether (sulfide) groups is 1. The summed E-state index contributed by atoms with van der Waals surface area (Å²) >= 11 is 1.79. The molecule has 8 heteroatoms. The number of nitrogens with zero attached hydrogens (tertiary/aromatic N) is 2. The van der Waals surface area contributed by atoms with E-state index in [9.17, 15) is 8.42 Å². The van der Waals surface area contributed by atoms with Crippen LogP contribution in [0, 0.1) is 0 Å². The third-order valence-corrected chi connectivity index (χ3v) is 8.78. The minimum absolute atomic E-state index is 0.126. The van der Waals surface area contributed by atoms with Crippen LogP contribution in [-0.4, -0.2) is 29.7 Å². The molecule has 0 bridgehead atoms. The SMILES string of the molecule is CC(SC1=NOC(C)(C)C1)c1ccccc1.CC(c1ccccc1)S(=O)(=O)C1=NOC(C)(C)C1. The summed E-state index contributed by atoms with van der Waals surface area (Å²) in [4.78, 5) is 10.5. The lowest BCUT2D eigenvalue weighted by molar-refractivity contribution is 0.0120. The standard InChI is InChI=1S/C13H17NO3S.C13H17NOS/c1-10(11-7-5-4-6-8-11)18(15,16)12-9-13(2,3)17-14-12;1-10(11-7-5-4-6-8-11)16-12-9-13(2,3)15-14-12/h4-8,10H,9H2,1-3H3;4-8,10H,9H2,1-3H3. The molecule has 0 radical (unpaired) electrons. The van der Waals surface area contributed by atoms with Gasteiger partial charge in [-0.2, -0.15) is 0 Å². The van der Waals surface area contributed by atoms with E-state index in [0.717, 1.165) is 17.0 Å². The molecule has 0 aliphatic carbocycles. The van der Waals surface area contributed by atoms with E-state index in [1.54, 1.807) is 18.7 Å². The molecule has 0 fully saturated rings. The van der Waals surface area contributed by atoms with Crippen LogP contribution in [0.5, 0.6) is 0 Å². The Balaban J connectivity index is 0.000000192. The van der Waals surface area contributed by atoms with Crippen molar-refractivity contribution < 1.29 is 18.1 Å². The molecule has 2 aliphatic heterocycles. The van der Waals surface area contributed by atoms with Gasteiger partial charge in [-0.15, -0.1) is 0 Å². The van der Waals surface area contributed by atoms with E-state index in [0.29, 0.717) is 11.7 Å². The predicted molar refractivity (Wildman–Crippen MR) is 141 cm³/mol. The molecule has 34 heavy (non-hydrogen) atoms. The maximum atomic E-state index is 12.4. The highest BCUT2D eigenvalue weighted by Crippen LogP contribution is 2.36. The Labute approximate surface area is 207 Å². The number of benzene rings is 2. The zero-order valence-electron chi connectivity index (χ0n) is 20.7. The Morgan fingerprint density at radius 3 is 1.76 bits per heavy atom. The first-order chi connectivity index (χ1) is 15.9. The molecule has 2 heterocycles. The summed E-state index contributed by atoms with van der Waals surface area (Å²) in [7, 11) is -3.44. The summed E-state index contributed by atoms with van der Waals surface area (Å²) < 4.78 is 24.8. The Morgan fingerprint density at radius 2 is 1.29 bits per heavy atom. The van der Waals surface area contributed by atoms with Gasteiger partial charge >= 0.3 is 0 Å². The Morgan fingerprint density at radius 1 is 0.794 bits per heavy atom. The fourth-order valence-electron chi connectivity index (χ4n) is 3.53. The molecule has 2 aromatic rings. The molecule has 2 atom stereocenters. The van der Waals surface area contributed by atoms with Crippen molar-refractivity contribution in [3.05, 3.63) is 71.8 Å². The molecule has 0 saturated carbocycles. The first-order valence-electron chi connectivity index (χ1n) is 11.4. The van der Waals surface area contributed by atoms with Crippen molar-refractivity contribution in [3.63, 3.8) is 0 Å². The van der Waals surface area contributed by atoms with Gasteiger partial charge in [-0.25, -0.2) is 8.42 Å². The molecule has 2 aliphatic rings. The first kappa shape index (κ1) is 26.3. The Kier molecular flexibility index (Phi) is 8.14. The molecule has 2 aromatic carbocycles. The third-order valence-electron chi connectivity index (χ3n) is 5.59. The van der Waals surface area contributed by atoms with Crippen LogP contribution < -0.4 is 0 Å². The van der Waals surface area contributed by atoms with Crippen LogP contribution in [0.2, 0.25) is 0 Å². The molecular formula is C26H34N2O4S2. The van der Waals surface area contributed by atoms with Crippen LogP contribution in [0.1, 0.15) is 76.0 Å². The van der Waals surface area contributed by atoms with Crippen molar-refractivity contribution in [3.8, 4) is 0 Å². The molecule has 2 unspecified atom stereocenters. The van der Waals surface area contributed by atoms with Crippen molar-refractivity contribution in [1.29, 1.82) is 0 Å². The quantitative estimate of drug-likeness (QED) is 0.467. The van der Waals surface area contributed by atoms with Crippen molar-refractivity contribution in [2.24, 2.45) is 10.3 Å². The van der Waals surface area contributed by atoms with E-state index in [2.05, 4.69) is 55.3 Å². The molecule has 0 amide bonds. The Hall–Kier alpha value is -2.32. The number of hydrogen-bond donors (Lipinski definition) is 0. The molecule has 184 valence electrons. The predicted octanol–water partition coefficient (Wildman–Crippen LogP) is 6.67. The normalized spacial score (nSPS) is 20.1. The first-order valence-corrected chi connectivity index (χ1v) is 13.8. The van der Waals surface area contributed by atoms with Crippen LogP contribution in [-0.2, 0) is 19.5 Å². The number of sulfone groups is 1. The second kappa shape index (κ2) is 10.5. The van der Waals surface area contributed by atoms with Crippen LogP contribution in [0.25, 0.3) is 0 Å². The zero-order valence-corrected chi connectivity index (χ0v) is 22.3. The highest BCUT2D eigenvalue weighted by Gasteiger charge is 2.39. The number of oxime groups is 2. The van der Waals surface area contributed by atoms with Crippen LogP contribution in [0.3, 0.4) is 0 Å². The molecule has 6 nitrogen and oxygen atoms in total. The summed E-state index contributed by atoms with van der Waals surface area (Å²) in [6.07, 6.45) is 1.24. The van der Waals surface area contributed by atoms with E-state index < -0.39 is 20.7 Å². The average molecular weight is 503 g/mol. The van der Waals surface area contributed by atoms with Crippen molar-refractivity contribution >= 4 is 31.7 Å². The fourth-order valence-corrected chi connectivity index (χ4v) is 6.35. The highest BCUT2D eigenvalue weighted by molar-refractivity contribution is 8.14. The maximum absolute atomic E-state index is 12.4. The summed E-state index contributed by atoms with van der Waals surface area (Å²) in [5.41, 5.74) is 1.45. The van der Waals surface area contributed by atoms with E-state index in [-0.39, 0.29) is 10.6 Å². The van der Waals surface area contributed by atoms with Gasteiger partial charge in [-0.05, 0) is 52.7 Å². The minimum Gasteiger partial charge on any atom is -0.389 e. The molecule has 4 rings (SSSR count). The zero-order chi connectivity index (χ0) is 25.0. The second-order valence-electron chi connectivity index (χ2n) is 9.79. The molecule has 0 N–H and O–H groups in total. The summed E-state index contributed by atoms with van der Waals surface area (Å²) in [5.74, 6) is 0. The molecule has 0 spiro atoms. The second-order valence-corrected chi connectivity index (χ2v) is 13.5. The van der Waals surface area contributed by atoms with Gasteiger partial charge in [0.15, 0.2) is 5.04 Å². The van der Waals surface area contributed by atoms with E-state index in [1.165, 1.54) is 5.56 Å². The highest BCUT2D eigenvalue weighted by atomic mass is 32.2. The smallest absolute Gasteiger partial charge is 0.201 e. The minimum atomic E-state index is -3.44. The topological polar surface area (TPSA) is 77.3 Å². The Bertz CT molecular complexity index is 1130. The van der Waals surface area contributed by atoms with E-state index >= 15 is 0 Å². The monoisotopic (exact) mass is 502 g/mol. The van der Waals surface area contributed by atoms with Crippen LogP contribution >= 0.6 is 11.8 Å². The van der Waals surface area contributed by atoms with Crippen LogP contribution in [0.4, 0.5) is 0 Å². The van der Waals surface area contributed by atoms with Crippen LogP contribution in [0.15, 0.2) is 71.0 Å². The molecule has 0 aromatic heterocycles.